The summed E-state index contributed by atoms with van der Waals surface area (Å²) in [7, 11) is 5.67. The van der Waals surface area contributed by atoms with Gasteiger partial charge in [-0.05, 0) is 51.3 Å². The molecule has 1 heterocycles. The normalized spacial score (nSPS) is 10.5. The summed E-state index contributed by atoms with van der Waals surface area (Å²) in [6.45, 7) is 1.90. The summed E-state index contributed by atoms with van der Waals surface area (Å²) in [6, 6.07) is 10.8. The molecule has 0 atom stereocenters. The van der Waals surface area contributed by atoms with E-state index in [4.69, 9.17) is 4.74 Å². The van der Waals surface area contributed by atoms with E-state index in [0.29, 0.717) is 17.1 Å². The van der Waals surface area contributed by atoms with E-state index in [2.05, 4.69) is 34.6 Å². The lowest BCUT2D eigenvalue weighted by Gasteiger charge is -2.11. The first-order valence-electron chi connectivity index (χ1n) is 7.89. The second-order valence-electron chi connectivity index (χ2n) is 5.67. The molecule has 1 amide bonds. The number of para-hydroxylation sites is 2. The number of methoxy groups -OCH3 is 1. The van der Waals surface area contributed by atoms with Gasteiger partial charge in [0.15, 0.2) is 0 Å². The van der Waals surface area contributed by atoms with Crippen molar-refractivity contribution in [2.24, 2.45) is 0 Å². The molecule has 128 valence electrons. The van der Waals surface area contributed by atoms with Gasteiger partial charge in [0.1, 0.15) is 11.4 Å². The minimum Gasteiger partial charge on any atom is -0.495 e. The average Bonchev–Trinajstić information content (AvgIpc) is 2.59. The van der Waals surface area contributed by atoms with Crippen LogP contribution in [0.1, 0.15) is 16.9 Å². The van der Waals surface area contributed by atoms with Crippen molar-refractivity contribution in [1.29, 1.82) is 0 Å². The molecular weight excluding hydrogens is 304 g/mol. The maximum atomic E-state index is 12.3. The van der Waals surface area contributed by atoms with Crippen LogP contribution in [0.3, 0.4) is 0 Å². The molecule has 0 unspecified atom stereocenters. The van der Waals surface area contributed by atoms with Crippen LogP contribution in [-0.4, -0.2) is 50.1 Å². The maximum absolute atomic E-state index is 12.3. The zero-order valence-electron chi connectivity index (χ0n) is 14.4. The van der Waals surface area contributed by atoms with Crippen LogP contribution in [-0.2, 0) is 0 Å². The molecule has 1 aromatic heterocycles. The molecule has 2 N–H and O–H groups in total. The second-order valence-corrected chi connectivity index (χ2v) is 5.67. The molecule has 0 aliphatic rings. The molecular formula is C18H24N4O2. The number of hydrogen-bond donors (Lipinski definition) is 2. The topological polar surface area (TPSA) is 66.5 Å². The predicted octanol–water partition coefficient (Wildman–Crippen LogP) is 2.71. The first kappa shape index (κ1) is 17.7. The largest absolute Gasteiger partial charge is 0.495 e. The lowest BCUT2D eigenvalue weighted by Crippen LogP contribution is -2.17. The number of pyridine rings is 1. The second kappa shape index (κ2) is 8.88. The quantitative estimate of drug-likeness (QED) is 0.729. The van der Waals surface area contributed by atoms with E-state index >= 15 is 0 Å². The number of carbonyl (C=O) groups excluding carboxylic acids is 1. The molecule has 0 aliphatic carbocycles. The van der Waals surface area contributed by atoms with Gasteiger partial charge in [0.25, 0.3) is 5.91 Å². The molecule has 1 aromatic carbocycles. The predicted molar refractivity (Wildman–Crippen MR) is 96.8 cm³/mol. The van der Waals surface area contributed by atoms with Gasteiger partial charge < -0.3 is 20.3 Å². The van der Waals surface area contributed by atoms with Crippen LogP contribution in [0.5, 0.6) is 5.75 Å². The van der Waals surface area contributed by atoms with Crippen molar-refractivity contribution in [3.05, 3.63) is 48.3 Å². The average molecular weight is 328 g/mol. The van der Waals surface area contributed by atoms with Crippen LogP contribution in [0.15, 0.2) is 42.6 Å². The number of nitrogens with zero attached hydrogens (tertiary/aromatic N) is 2. The fraction of sp³-hybridized carbons (Fsp3) is 0.333. The Labute approximate surface area is 142 Å². The summed E-state index contributed by atoms with van der Waals surface area (Å²) < 4.78 is 5.22. The number of carbonyl (C=O) groups is 1. The first-order chi connectivity index (χ1) is 11.6. The van der Waals surface area contributed by atoms with E-state index in [-0.39, 0.29) is 5.91 Å². The van der Waals surface area contributed by atoms with Crippen molar-refractivity contribution in [2.75, 3.05) is 44.9 Å². The van der Waals surface area contributed by atoms with Crippen LogP contribution >= 0.6 is 0 Å². The molecule has 2 rings (SSSR count). The Kier molecular flexibility index (Phi) is 6.57. The standard InChI is InChI=1S/C18H24N4O2/c1-22(2)12-6-11-19-14-9-10-16(20-13-14)18(23)21-15-7-4-5-8-17(15)24-3/h4-5,7-10,13,19H,6,11-12H2,1-3H3,(H,21,23). The van der Waals surface area contributed by atoms with Crippen LogP contribution in [0.2, 0.25) is 0 Å². The van der Waals surface area contributed by atoms with E-state index in [9.17, 15) is 4.79 Å². The molecule has 0 spiro atoms. The van der Waals surface area contributed by atoms with Gasteiger partial charge in [-0.15, -0.1) is 0 Å². The van der Waals surface area contributed by atoms with Crippen molar-refractivity contribution in [2.45, 2.75) is 6.42 Å². The summed E-state index contributed by atoms with van der Waals surface area (Å²) in [5.74, 6) is 0.351. The Morgan fingerprint density at radius 3 is 2.67 bits per heavy atom. The van der Waals surface area contributed by atoms with E-state index in [0.717, 1.165) is 25.2 Å². The third kappa shape index (κ3) is 5.24. The van der Waals surface area contributed by atoms with Gasteiger partial charge in [-0.1, -0.05) is 12.1 Å². The third-order valence-electron chi connectivity index (χ3n) is 3.46. The van der Waals surface area contributed by atoms with Gasteiger partial charge in [0.05, 0.1) is 24.7 Å². The SMILES string of the molecule is COc1ccccc1NC(=O)c1ccc(NCCCN(C)C)cn1. The minimum atomic E-state index is -0.265. The molecule has 0 fully saturated rings. The van der Waals surface area contributed by atoms with Crippen molar-refractivity contribution in [3.63, 3.8) is 0 Å². The Hall–Kier alpha value is -2.60. The van der Waals surface area contributed by atoms with Gasteiger partial charge in [-0.2, -0.15) is 0 Å². The summed E-state index contributed by atoms with van der Waals surface area (Å²) >= 11 is 0. The van der Waals surface area contributed by atoms with Crippen molar-refractivity contribution < 1.29 is 9.53 Å². The molecule has 6 nitrogen and oxygen atoms in total. The van der Waals surface area contributed by atoms with E-state index in [1.807, 2.05) is 18.2 Å². The maximum Gasteiger partial charge on any atom is 0.274 e. The van der Waals surface area contributed by atoms with Gasteiger partial charge >= 0.3 is 0 Å². The monoisotopic (exact) mass is 328 g/mol. The molecule has 0 bridgehead atoms. The molecule has 24 heavy (non-hydrogen) atoms. The number of benzene rings is 1. The highest BCUT2D eigenvalue weighted by Crippen LogP contribution is 2.23. The van der Waals surface area contributed by atoms with E-state index in [1.165, 1.54) is 0 Å². The van der Waals surface area contributed by atoms with Crippen LogP contribution in [0.25, 0.3) is 0 Å². The lowest BCUT2D eigenvalue weighted by molar-refractivity contribution is 0.102. The zero-order chi connectivity index (χ0) is 17.4. The van der Waals surface area contributed by atoms with Gasteiger partial charge in [-0.25, -0.2) is 4.98 Å². The summed E-state index contributed by atoms with van der Waals surface area (Å²) in [6.07, 6.45) is 2.72. The molecule has 2 aromatic rings. The molecule has 6 heteroatoms. The summed E-state index contributed by atoms with van der Waals surface area (Å²) in [4.78, 5) is 18.6. The molecule has 0 radical (unpaired) electrons. The van der Waals surface area contributed by atoms with Crippen LogP contribution < -0.4 is 15.4 Å². The minimum absolute atomic E-state index is 0.265. The third-order valence-corrected chi connectivity index (χ3v) is 3.46. The molecule has 0 saturated carbocycles. The zero-order valence-corrected chi connectivity index (χ0v) is 14.4. The summed E-state index contributed by atoms with van der Waals surface area (Å²) in [5, 5.41) is 6.10. The van der Waals surface area contributed by atoms with Crippen molar-refractivity contribution in [1.82, 2.24) is 9.88 Å². The smallest absolute Gasteiger partial charge is 0.274 e. The highest BCUT2D eigenvalue weighted by Gasteiger charge is 2.10. The fourth-order valence-electron chi connectivity index (χ4n) is 2.20. The van der Waals surface area contributed by atoms with Gasteiger partial charge in [0.2, 0.25) is 0 Å². The Balaban J connectivity index is 1.91. The van der Waals surface area contributed by atoms with Crippen LogP contribution in [0.4, 0.5) is 11.4 Å². The first-order valence-corrected chi connectivity index (χ1v) is 7.89. The van der Waals surface area contributed by atoms with E-state index < -0.39 is 0 Å². The number of ether oxygens (including phenoxy) is 1. The highest BCUT2D eigenvalue weighted by atomic mass is 16.5. The van der Waals surface area contributed by atoms with Crippen molar-refractivity contribution >= 4 is 17.3 Å². The Morgan fingerprint density at radius 2 is 2.00 bits per heavy atom. The number of aromatic nitrogens is 1. The number of anilines is 2. The van der Waals surface area contributed by atoms with Gasteiger partial charge in [-0.3, -0.25) is 4.79 Å². The molecule has 0 aliphatic heterocycles. The lowest BCUT2D eigenvalue weighted by atomic mass is 10.2. The number of amides is 1. The number of hydrogen-bond acceptors (Lipinski definition) is 5. The van der Waals surface area contributed by atoms with Crippen molar-refractivity contribution in [3.8, 4) is 5.75 Å². The van der Waals surface area contributed by atoms with Gasteiger partial charge in [0, 0.05) is 6.54 Å². The molecule has 0 saturated heterocycles. The Bertz CT molecular complexity index is 656. The summed E-state index contributed by atoms with van der Waals surface area (Å²) in [5.41, 5.74) is 1.89. The highest BCUT2D eigenvalue weighted by molar-refractivity contribution is 6.03. The van der Waals surface area contributed by atoms with E-state index in [1.54, 1.807) is 31.5 Å². The fourth-order valence-corrected chi connectivity index (χ4v) is 2.20. The Morgan fingerprint density at radius 1 is 1.21 bits per heavy atom. The van der Waals surface area contributed by atoms with Crippen LogP contribution in [0, 0.1) is 0 Å². The number of nitrogens with one attached hydrogen (secondary N) is 2. The number of rotatable bonds is 8.